The summed E-state index contributed by atoms with van der Waals surface area (Å²) in [6.07, 6.45) is 2.01. The van der Waals surface area contributed by atoms with Crippen LogP contribution in [-0.2, 0) is 9.53 Å². The van der Waals surface area contributed by atoms with Crippen LogP contribution in [0, 0.1) is 0 Å². The van der Waals surface area contributed by atoms with E-state index in [-0.39, 0.29) is 12.5 Å². The van der Waals surface area contributed by atoms with Gasteiger partial charge < -0.3 is 4.74 Å². The molecule has 3 heterocycles. The largest absolute Gasteiger partial charge is 0.464 e. The number of carbonyl (C=O) groups is 1. The van der Waals surface area contributed by atoms with Crippen LogP contribution in [-0.4, -0.2) is 23.5 Å². The van der Waals surface area contributed by atoms with E-state index in [1.54, 1.807) is 0 Å². The minimum atomic E-state index is -0.273. The number of ether oxygens (including phenoxy) is 1. The summed E-state index contributed by atoms with van der Waals surface area (Å²) >= 11 is 0. The number of hydrogen-bond acceptors (Lipinski definition) is 3. The maximum Gasteiger partial charge on any atom is 0.340 e. The highest BCUT2D eigenvalue weighted by molar-refractivity contribution is 6.04. The van der Waals surface area contributed by atoms with Crippen molar-refractivity contribution in [2.75, 3.05) is 18.5 Å². The highest BCUT2D eigenvalue weighted by Crippen LogP contribution is 2.33. The minimum absolute atomic E-state index is 0.106. The molecule has 5 rings (SSSR count). The molecule has 5 nitrogen and oxygen atoms in total. The number of anilines is 1. The molecule has 5 aromatic rings. The Morgan fingerprint density at radius 3 is 2.60 bits per heavy atom. The highest BCUT2D eigenvalue weighted by Gasteiger charge is 2.25. The second-order valence-electron chi connectivity index (χ2n) is 7.10. The molecule has 0 aliphatic carbocycles. The zero-order chi connectivity index (χ0) is 20.5. The number of fused-ring (bicyclic) bond motifs is 5. The first kappa shape index (κ1) is 18.2. The van der Waals surface area contributed by atoms with E-state index >= 15 is 0 Å². The van der Waals surface area contributed by atoms with E-state index in [2.05, 4.69) is 68.7 Å². The van der Waals surface area contributed by atoms with Crippen molar-refractivity contribution >= 4 is 33.7 Å². The van der Waals surface area contributed by atoms with E-state index < -0.39 is 0 Å². The van der Waals surface area contributed by atoms with Gasteiger partial charge in [0.25, 0.3) is 5.82 Å². The van der Waals surface area contributed by atoms with Gasteiger partial charge in [-0.15, -0.1) is 0 Å². The second kappa shape index (κ2) is 7.52. The summed E-state index contributed by atoms with van der Waals surface area (Å²) in [6, 6.07) is 27.0. The lowest BCUT2D eigenvalue weighted by Gasteiger charge is -2.07. The number of pyridine rings is 2. The molecule has 0 spiro atoms. The van der Waals surface area contributed by atoms with Crippen LogP contribution >= 0.6 is 0 Å². The predicted octanol–water partition coefficient (Wildman–Crippen LogP) is 4.47. The van der Waals surface area contributed by atoms with Crippen LogP contribution in [0.25, 0.3) is 33.2 Å². The summed E-state index contributed by atoms with van der Waals surface area (Å²) in [5.74, 6) is 0.595. The SMILES string of the molecule is CCOC(=O)CNc1c2c3ccccc3cc(-c3ccccc3)n2c2cccc[n+]12. The summed E-state index contributed by atoms with van der Waals surface area (Å²) in [5, 5.41) is 5.60. The van der Waals surface area contributed by atoms with E-state index in [0.717, 1.165) is 39.0 Å². The van der Waals surface area contributed by atoms with E-state index in [9.17, 15) is 4.79 Å². The third-order valence-corrected chi connectivity index (χ3v) is 5.28. The molecular formula is C25H22N3O2+. The van der Waals surface area contributed by atoms with Crippen LogP contribution in [0.2, 0.25) is 0 Å². The van der Waals surface area contributed by atoms with Crippen LogP contribution < -0.4 is 9.72 Å². The summed E-state index contributed by atoms with van der Waals surface area (Å²) in [6.45, 7) is 2.29. The van der Waals surface area contributed by atoms with Crippen molar-refractivity contribution in [2.24, 2.45) is 0 Å². The predicted molar refractivity (Wildman–Crippen MR) is 119 cm³/mol. The zero-order valence-electron chi connectivity index (χ0n) is 16.7. The number of nitrogens with one attached hydrogen (secondary N) is 1. The Labute approximate surface area is 174 Å². The standard InChI is InChI=1S/C25H22N3O2/c1-2-30-23(29)17-26-25-24-20-13-7-6-12-19(20)16-21(18-10-4-3-5-11-18)28(24)22-14-8-9-15-27(22)25/h3-16,26H,2,17H2,1H3/q+1. The molecule has 148 valence electrons. The first-order chi connectivity index (χ1) is 14.8. The molecular weight excluding hydrogens is 374 g/mol. The van der Waals surface area contributed by atoms with E-state index in [4.69, 9.17) is 4.74 Å². The van der Waals surface area contributed by atoms with Gasteiger partial charge in [-0.05, 0) is 24.4 Å². The van der Waals surface area contributed by atoms with Crippen LogP contribution in [0.3, 0.4) is 0 Å². The molecule has 0 aliphatic heterocycles. The Bertz CT molecular complexity index is 1370. The average Bonchev–Trinajstić information content (AvgIpc) is 3.13. The first-order valence-corrected chi connectivity index (χ1v) is 10.1. The van der Waals surface area contributed by atoms with Gasteiger partial charge in [-0.1, -0.05) is 60.7 Å². The molecule has 0 saturated carbocycles. The molecule has 0 radical (unpaired) electrons. The molecule has 3 aromatic heterocycles. The molecule has 0 fully saturated rings. The van der Waals surface area contributed by atoms with Crippen molar-refractivity contribution in [3.63, 3.8) is 0 Å². The fourth-order valence-corrected chi connectivity index (χ4v) is 4.04. The number of benzene rings is 2. The third-order valence-electron chi connectivity index (χ3n) is 5.28. The van der Waals surface area contributed by atoms with Gasteiger partial charge in [0, 0.05) is 17.0 Å². The van der Waals surface area contributed by atoms with Crippen LogP contribution in [0.4, 0.5) is 5.82 Å². The van der Waals surface area contributed by atoms with Crippen molar-refractivity contribution < 1.29 is 13.9 Å². The molecule has 2 aromatic carbocycles. The lowest BCUT2D eigenvalue weighted by Crippen LogP contribution is -2.27. The number of hydrogen-bond donors (Lipinski definition) is 1. The maximum absolute atomic E-state index is 12.1. The van der Waals surface area contributed by atoms with Gasteiger partial charge in [-0.25, -0.2) is 13.6 Å². The molecule has 0 unspecified atom stereocenters. The lowest BCUT2D eigenvalue weighted by molar-refractivity contribution is -0.494. The number of carbonyl (C=O) groups excluding carboxylic acids is 1. The Balaban J connectivity index is 1.87. The Hall–Kier alpha value is -3.86. The average molecular weight is 396 g/mol. The summed E-state index contributed by atoms with van der Waals surface area (Å²) in [7, 11) is 0. The van der Waals surface area contributed by atoms with Crippen LogP contribution in [0.5, 0.6) is 0 Å². The number of rotatable bonds is 5. The molecule has 0 saturated heterocycles. The molecule has 0 amide bonds. The number of aromatic nitrogens is 2. The molecule has 0 aliphatic rings. The van der Waals surface area contributed by atoms with Gasteiger partial charge in [0.2, 0.25) is 5.65 Å². The van der Waals surface area contributed by atoms with Crippen molar-refractivity contribution in [1.82, 2.24) is 4.40 Å². The molecule has 30 heavy (non-hydrogen) atoms. The van der Waals surface area contributed by atoms with E-state index in [0.29, 0.717) is 6.61 Å². The first-order valence-electron chi connectivity index (χ1n) is 10.1. The fraction of sp³-hybridized carbons (Fsp3) is 0.120. The highest BCUT2D eigenvalue weighted by atomic mass is 16.5. The van der Waals surface area contributed by atoms with Gasteiger partial charge in [0.1, 0.15) is 5.69 Å². The van der Waals surface area contributed by atoms with Gasteiger partial charge in [-0.3, -0.25) is 5.32 Å². The summed E-state index contributed by atoms with van der Waals surface area (Å²) in [4.78, 5) is 12.1. The van der Waals surface area contributed by atoms with Crippen LogP contribution in [0.15, 0.2) is 85.1 Å². The molecule has 0 bridgehead atoms. The van der Waals surface area contributed by atoms with Crippen LogP contribution in [0.1, 0.15) is 6.92 Å². The minimum Gasteiger partial charge on any atom is -0.464 e. The van der Waals surface area contributed by atoms with Gasteiger partial charge in [0.15, 0.2) is 12.1 Å². The molecule has 0 atom stereocenters. The second-order valence-corrected chi connectivity index (χ2v) is 7.10. The number of esters is 1. The quantitative estimate of drug-likeness (QED) is 0.352. The monoisotopic (exact) mass is 396 g/mol. The maximum atomic E-state index is 12.1. The van der Waals surface area contributed by atoms with E-state index in [1.807, 2.05) is 37.4 Å². The summed E-state index contributed by atoms with van der Waals surface area (Å²) < 4.78 is 9.47. The smallest absolute Gasteiger partial charge is 0.340 e. The van der Waals surface area contributed by atoms with Gasteiger partial charge >= 0.3 is 5.97 Å². The van der Waals surface area contributed by atoms with Crippen molar-refractivity contribution in [3.05, 3.63) is 85.1 Å². The Kier molecular flexibility index (Phi) is 4.56. The molecule has 1 N–H and O–H groups in total. The normalized spacial score (nSPS) is 11.2. The van der Waals surface area contributed by atoms with Crippen molar-refractivity contribution in [3.8, 4) is 11.3 Å². The third kappa shape index (κ3) is 2.95. The summed E-state index contributed by atoms with van der Waals surface area (Å²) in [5.41, 5.74) is 4.27. The number of nitrogens with zero attached hydrogens (tertiary/aromatic N) is 2. The lowest BCUT2D eigenvalue weighted by atomic mass is 10.1. The van der Waals surface area contributed by atoms with Gasteiger partial charge in [0.05, 0.1) is 12.8 Å². The van der Waals surface area contributed by atoms with Crippen molar-refractivity contribution in [2.45, 2.75) is 6.92 Å². The fourth-order valence-electron chi connectivity index (χ4n) is 4.04. The van der Waals surface area contributed by atoms with E-state index in [1.165, 1.54) is 0 Å². The van der Waals surface area contributed by atoms with Gasteiger partial charge in [-0.2, -0.15) is 0 Å². The Morgan fingerprint density at radius 1 is 1.00 bits per heavy atom. The topological polar surface area (TPSA) is 46.8 Å². The number of imidazole rings is 1. The Morgan fingerprint density at radius 2 is 1.77 bits per heavy atom. The van der Waals surface area contributed by atoms with Crippen molar-refractivity contribution in [1.29, 1.82) is 0 Å². The zero-order valence-corrected chi connectivity index (χ0v) is 16.7. The molecule has 5 heteroatoms.